The summed E-state index contributed by atoms with van der Waals surface area (Å²) in [6.45, 7) is 4.73. The van der Waals surface area contributed by atoms with Crippen LogP contribution in [0.5, 0.6) is 11.5 Å². The van der Waals surface area contributed by atoms with Crippen molar-refractivity contribution in [3.8, 4) is 11.5 Å². The van der Waals surface area contributed by atoms with Gasteiger partial charge >= 0.3 is 0 Å². The van der Waals surface area contributed by atoms with Gasteiger partial charge in [0.15, 0.2) is 0 Å². The Morgan fingerprint density at radius 1 is 1.09 bits per heavy atom. The van der Waals surface area contributed by atoms with Crippen LogP contribution in [-0.4, -0.2) is 42.7 Å². The van der Waals surface area contributed by atoms with Crippen LogP contribution >= 0.6 is 0 Å². The Hall–Kier alpha value is -3.55. The van der Waals surface area contributed by atoms with Crippen molar-refractivity contribution in [1.29, 1.82) is 0 Å². The second kappa shape index (κ2) is 11.9. The van der Waals surface area contributed by atoms with Crippen LogP contribution in [0.1, 0.15) is 38.7 Å². The molecule has 3 aromatic rings. The first kappa shape index (κ1) is 24.1. The molecule has 0 spiro atoms. The van der Waals surface area contributed by atoms with Gasteiger partial charge in [-0.2, -0.15) is 4.98 Å². The number of hydrogen-bond donors (Lipinski definition) is 3. The van der Waals surface area contributed by atoms with E-state index in [1.165, 1.54) is 6.92 Å². The fraction of sp³-hybridized carbons (Fsp3) is 0.400. The Morgan fingerprint density at radius 2 is 1.91 bits per heavy atom. The minimum Gasteiger partial charge on any atom is -0.497 e. The van der Waals surface area contributed by atoms with Crippen molar-refractivity contribution in [3.05, 3.63) is 48.0 Å². The maximum absolute atomic E-state index is 11.5. The number of nitrogens with one attached hydrogen (secondary N) is 3. The number of nitrogens with zero attached hydrogens (tertiary/aromatic N) is 2. The van der Waals surface area contributed by atoms with E-state index >= 15 is 0 Å². The monoisotopic (exact) mass is 451 g/mol. The third-order valence-electron chi connectivity index (χ3n) is 5.38. The molecule has 0 radical (unpaired) electrons. The van der Waals surface area contributed by atoms with E-state index in [4.69, 9.17) is 14.5 Å². The first-order valence-corrected chi connectivity index (χ1v) is 11.3. The summed E-state index contributed by atoms with van der Waals surface area (Å²) in [5, 5.41) is 10.7. The number of carbonyl (C=O) groups is 1. The summed E-state index contributed by atoms with van der Waals surface area (Å²) in [6.07, 6.45) is 3.07. The van der Waals surface area contributed by atoms with Gasteiger partial charge in [-0.15, -0.1) is 0 Å². The molecule has 1 aromatic heterocycles. The van der Waals surface area contributed by atoms with Gasteiger partial charge in [0.25, 0.3) is 0 Å². The molecular weight excluding hydrogens is 418 g/mol. The average molecular weight is 452 g/mol. The molecular formula is C25H33N5O3. The number of amides is 1. The molecule has 0 aliphatic carbocycles. The van der Waals surface area contributed by atoms with Gasteiger partial charge < -0.3 is 25.4 Å². The van der Waals surface area contributed by atoms with Crippen LogP contribution in [0.15, 0.2) is 42.5 Å². The second-order valence-corrected chi connectivity index (χ2v) is 7.86. The van der Waals surface area contributed by atoms with E-state index in [0.29, 0.717) is 19.0 Å². The largest absolute Gasteiger partial charge is 0.497 e. The van der Waals surface area contributed by atoms with Crippen LogP contribution in [0.3, 0.4) is 0 Å². The van der Waals surface area contributed by atoms with Crippen molar-refractivity contribution in [2.24, 2.45) is 0 Å². The maximum Gasteiger partial charge on any atom is 0.225 e. The van der Waals surface area contributed by atoms with E-state index in [1.807, 2.05) is 42.5 Å². The van der Waals surface area contributed by atoms with Crippen molar-refractivity contribution in [1.82, 2.24) is 15.3 Å². The number of methoxy groups -OCH3 is 2. The zero-order chi connectivity index (χ0) is 23.6. The van der Waals surface area contributed by atoms with Gasteiger partial charge in [-0.25, -0.2) is 4.98 Å². The molecule has 1 amide bonds. The molecule has 8 nitrogen and oxygen atoms in total. The molecule has 1 heterocycles. The molecule has 0 saturated carbocycles. The number of benzene rings is 2. The average Bonchev–Trinajstić information content (AvgIpc) is 2.84. The molecule has 0 saturated heterocycles. The van der Waals surface area contributed by atoms with Crippen molar-refractivity contribution in [3.63, 3.8) is 0 Å². The predicted molar refractivity (Wildman–Crippen MR) is 132 cm³/mol. The van der Waals surface area contributed by atoms with Crippen LogP contribution in [0, 0.1) is 0 Å². The SMILES string of the molecule is CCCCC(CNC(C)=O)Nc1nc(NCc2ccc(OC)cc2OC)nc2ccccc12. The summed E-state index contributed by atoms with van der Waals surface area (Å²) in [6, 6.07) is 13.7. The Kier molecular flexibility index (Phi) is 8.69. The second-order valence-electron chi connectivity index (χ2n) is 7.86. The molecule has 176 valence electrons. The highest BCUT2D eigenvalue weighted by Crippen LogP contribution is 2.27. The number of carbonyl (C=O) groups excluding carboxylic acids is 1. The minimum atomic E-state index is -0.0401. The van der Waals surface area contributed by atoms with Crippen LogP contribution in [0.25, 0.3) is 10.9 Å². The smallest absolute Gasteiger partial charge is 0.225 e. The van der Waals surface area contributed by atoms with Gasteiger partial charge in [0.05, 0.1) is 19.7 Å². The number of rotatable bonds is 12. The number of fused-ring (bicyclic) bond motifs is 1. The van der Waals surface area contributed by atoms with Crippen molar-refractivity contribution in [2.75, 3.05) is 31.4 Å². The highest BCUT2D eigenvalue weighted by molar-refractivity contribution is 5.90. The normalized spacial score (nSPS) is 11.6. The molecule has 0 bridgehead atoms. The Balaban J connectivity index is 1.84. The van der Waals surface area contributed by atoms with Crippen molar-refractivity contribution in [2.45, 2.75) is 45.7 Å². The third kappa shape index (κ3) is 6.71. The number of unbranched alkanes of at least 4 members (excludes halogenated alkanes) is 1. The Morgan fingerprint density at radius 3 is 2.64 bits per heavy atom. The van der Waals surface area contributed by atoms with Gasteiger partial charge in [-0.05, 0) is 30.7 Å². The molecule has 3 N–H and O–H groups in total. The summed E-state index contributed by atoms with van der Waals surface area (Å²) in [4.78, 5) is 20.9. The lowest BCUT2D eigenvalue weighted by Crippen LogP contribution is -2.35. The molecule has 2 aromatic carbocycles. The van der Waals surface area contributed by atoms with Gasteiger partial charge in [-0.1, -0.05) is 31.9 Å². The molecule has 1 atom stereocenters. The van der Waals surface area contributed by atoms with Crippen LogP contribution in [-0.2, 0) is 11.3 Å². The molecule has 8 heteroatoms. The Bertz CT molecular complexity index is 1070. The summed E-state index contributed by atoms with van der Waals surface area (Å²) in [5.74, 6) is 2.69. The van der Waals surface area contributed by atoms with Gasteiger partial charge in [-0.3, -0.25) is 4.79 Å². The molecule has 0 aliphatic heterocycles. The summed E-state index contributed by atoms with van der Waals surface area (Å²) in [7, 11) is 3.27. The zero-order valence-corrected chi connectivity index (χ0v) is 19.8. The predicted octanol–water partition coefficient (Wildman–Crippen LogP) is 4.37. The zero-order valence-electron chi connectivity index (χ0n) is 19.8. The van der Waals surface area contributed by atoms with Crippen LogP contribution in [0.2, 0.25) is 0 Å². The highest BCUT2D eigenvalue weighted by Gasteiger charge is 2.14. The number of hydrogen-bond acceptors (Lipinski definition) is 7. The molecule has 1 unspecified atom stereocenters. The van der Waals surface area contributed by atoms with E-state index in [9.17, 15) is 4.79 Å². The summed E-state index contributed by atoms with van der Waals surface area (Å²) in [5.41, 5.74) is 1.81. The lowest BCUT2D eigenvalue weighted by atomic mass is 10.1. The Labute approximate surface area is 195 Å². The topological polar surface area (TPSA) is 97.4 Å². The molecule has 0 fully saturated rings. The number of anilines is 2. The third-order valence-corrected chi connectivity index (χ3v) is 5.38. The van der Waals surface area contributed by atoms with Gasteiger partial charge in [0.1, 0.15) is 17.3 Å². The minimum absolute atomic E-state index is 0.0401. The number of ether oxygens (including phenoxy) is 2. The first-order valence-electron chi connectivity index (χ1n) is 11.3. The molecule has 0 aliphatic rings. The molecule has 3 rings (SSSR count). The maximum atomic E-state index is 11.5. The highest BCUT2D eigenvalue weighted by atomic mass is 16.5. The first-order chi connectivity index (χ1) is 16.0. The lowest BCUT2D eigenvalue weighted by molar-refractivity contribution is -0.119. The van der Waals surface area contributed by atoms with Crippen molar-refractivity contribution >= 4 is 28.6 Å². The van der Waals surface area contributed by atoms with E-state index in [1.54, 1.807) is 14.2 Å². The number of aromatic nitrogens is 2. The van der Waals surface area contributed by atoms with Crippen molar-refractivity contribution < 1.29 is 14.3 Å². The van der Waals surface area contributed by atoms with Gasteiger partial charge in [0.2, 0.25) is 11.9 Å². The molecule has 33 heavy (non-hydrogen) atoms. The lowest BCUT2D eigenvalue weighted by Gasteiger charge is -2.21. The van der Waals surface area contributed by atoms with Crippen LogP contribution < -0.4 is 25.4 Å². The van der Waals surface area contributed by atoms with E-state index < -0.39 is 0 Å². The fourth-order valence-electron chi connectivity index (χ4n) is 3.57. The van der Waals surface area contributed by atoms with E-state index in [-0.39, 0.29) is 11.9 Å². The van der Waals surface area contributed by atoms with E-state index in [2.05, 4.69) is 27.9 Å². The van der Waals surface area contributed by atoms with E-state index in [0.717, 1.165) is 53.0 Å². The fourth-order valence-corrected chi connectivity index (χ4v) is 3.57. The van der Waals surface area contributed by atoms with Gasteiger partial charge in [0, 0.05) is 43.1 Å². The number of para-hydroxylation sites is 1. The summed E-state index contributed by atoms with van der Waals surface area (Å²) < 4.78 is 10.8. The summed E-state index contributed by atoms with van der Waals surface area (Å²) >= 11 is 0. The quantitative estimate of drug-likeness (QED) is 0.376. The van der Waals surface area contributed by atoms with Crippen LogP contribution in [0.4, 0.5) is 11.8 Å². The standard InChI is InChI=1S/C25H33N5O3/c1-5-6-9-19(16-26-17(2)31)28-24-21-10-7-8-11-22(21)29-25(30-24)27-15-18-12-13-20(32-3)14-23(18)33-4/h7-8,10-14,19H,5-6,9,15-16H2,1-4H3,(H,26,31)(H2,27,28,29,30).